The smallest absolute Gasteiger partial charge is 0.254 e. The fourth-order valence-electron chi connectivity index (χ4n) is 2.80. The second-order valence-corrected chi connectivity index (χ2v) is 12.2. The third-order valence-corrected chi connectivity index (χ3v) is 6.62. The number of hydrogen-bond acceptors (Lipinski definition) is 7. The van der Waals surface area contributed by atoms with Gasteiger partial charge in [-0.1, -0.05) is 65.8 Å². The maximum Gasteiger partial charge on any atom is 0.254 e. The quantitative estimate of drug-likeness (QED) is 0.250. The van der Waals surface area contributed by atoms with Crippen LogP contribution in [0.4, 0.5) is 0 Å². The first kappa shape index (κ1) is 29.2. The van der Waals surface area contributed by atoms with Crippen molar-refractivity contribution in [2.24, 2.45) is 0 Å². The van der Waals surface area contributed by atoms with E-state index in [0.29, 0.717) is 17.9 Å². The summed E-state index contributed by atoms with van der Waals surface area (Å²) < 4.78 is 5.69. The first-order valence-electron chi connectivity index (χ1n) is 11.4. The zero-order valence-corrected chi connectivity index (χ0v) is 23.8. The number of thiol groups is 1. The van der Waals surface area contributed by atoms with Crippen LogP contribution in [0.2, 0.25) is 0 Å². The Hall–Kier alpha value is -2.00. The summed E-state index contributed by atoms with van der Waals surface area (Å²) in [7, 11) is 0. The fraction of sp³-hybridized carbons (Fsp3) is 0.370. The van der Waals surface area contributed by atoms with Gasteiger partial charge in [-0.15, -0.1) is 0 Å². The first-order chi connectivity index (χ1) is 16.5. The number of nitrogens with one attached hydrogen (secondary N) is 1. The molecule has 0 saturated carbocycles. The van der Waals surface area contributed by atoms with Gasteiger partial charge < -0.3 is 5.32 Å². The minimum absolute atomic E-state index is 0.162. The highest BCUT2D eigenvalue weighted by Gasteiger charge is 2.14. The van der Waals surface area contributed by atoms with Gasteiger partial charge in [0.2, 0.25) is 0 Å². The molecule has 5 nitrogen and oxygen atoms in total. The zero-order valence-electron chi connectivity index (χ0n) is 21.2. The van der Waals surface area contributed by atoms with Gasteiger partial charge in [0, 0.05) is 58.6 Å². The van der Waals surface area contributed by atoms with E-state index in [9.17, 15) is 4.79 Å². The summed E-state index contributed by atoms with van der Waals surface area (Å²) in [4.78, 5) is 20.9. The molecule has 0 spiro atoms. The predicted molar refractivity (Wildman–Crippen MR) is 151 cm³/mol. The molecule has 2 aromatic carbocycles. The predicted octanol–water partition coefficient (Wildman–Crippen LogP) is 7.15. The summed E-state index contributed by atoms with van der Waals surface area (Å²) >= 11 is 6.78. The molecule has 1 N–H and O–H groups in total. The van der Waals surface area contributed by atoms with Crippen LogP contribution in [0.3, 0.4) is 0 Å². The van der Waals surface area contributed by atoms with Crippen molar-refractivity contribution in [1.29, 1.82) is 0 Å². The van der Waals surface area contributed by atoms with Crippen LogP contribution < -0.4 is 5.32 Å². The largest absolute Gasteiger partial charge is 0.351 e. The highest BCUT2D eigenvalue weighted by molar-refractivity contribution is 8.07. The van der Waals surface area contributed by atoms with E-state index in [4.69, 9.17) is 3.63 Å². The summed E-state index contributed by atoms with van der Waals surface area (Å²) in [5, 5.41) is 2.65. The van der Waals surface area contributed by atoms with Gasteiger partial charge >= 0.3 is 0 Å². The number of hydrogen-bond donors (Lipinski definition) is 2. The molecule has 0 fully saturated rings. The number of carbonyl (C=O) groups excluding carboxylic acids is 1. The van der Waals surface area contributed by atoms with Crippen LogP contribution in [-0.4, -0.2) is 28.2 Å². The standard InChI is InChI=1S/C20H26OS2.C7H9N3OS/c1-19(2,3)15-7-11-17(12-8-15)22-21-23-18-13-9-16(10-14-18)20(4,5)6;11-7(10-1-2-12)6-3-8-5-9-4-6/h7-14H,1-6H3;3-5,12H,1-2H2,(H,10,11). The minimum Gasteiger partial charge on any atom is -0.351 e. The van der Waals surface area contributed by atoms with Crippen LogP contribution in [0.25, 0.3) is 0 Å². The Morgan fingerprint density at radius 3 is 1.63 bits per heavy atom. The molecule has 1 amide bonds. The Morgan fingerprint density at radius 2 is 1.26 bits per heavy atom. The van der Waals surface area contributed by atoms with E-state index in [1.165, 1.54) is 53.9 Å². The molecular weight excluding hydrogens is 495 g/mol. The van der Waals surface area contributed by atoms with Crippen LogP contribution in [0.15, 0.2) is 77.0 Å². The Kier molecular flexibility index (Phi) is 11.6. The number of aromatic nitrogens is 2. The van der Waals surface area contributed by atoms with Crippen LogP contribution in [0, 0.1) is 0 Å². The lowest BCUT2D eigenvalue weighted by Gasteiger charge is -2.19. The summed E-state index contributed by atoms with van der Waals surface area (Å²) in [6.45, 7) is 13.9. The molecule has 8 heteroatoms. The molecule has 35 heavy (non-hydrogen) atoms. The minimum atomic E-state index is -0.162. The van der Waals surface area contributed by atoms with Crippen molar-refractivity contribution in [3.63, 3.8) is 0 Å². The molecule has 0 bridgehead atoms. The van der Waals surface area contributed by atoms with E-state index < -0.39 is 0 Å². The Balaban J connectivity index is 0.000000303. The topological polar surface area (TPSA) is 64.1 Å². The molecule has 188 valence electrons. The molecule has 0 aliphatic heterocycles. The lowest BCUT2D eigenvalue weighted by atomic mass is 9.87. The zero-order chi connectivity index (χ0) is 25.9. The molecule has 3 aromatic rings. The Labute approximate surface area is 224 Å². The third-order valence-electron chi connectivity index (χ3n) is 4.92. The van der Waals surface area contributed by atoms with Crippen LogP contribution in [-0.2, 0) is 14.5 Å². The van der Waals surface area contributed by atoms with Crippen molar-refractivity contribution in [1.82, 2.24) is 15.3 Å². The van der Waals surface area contributed by atoms with Gasteiger partial charge in [0.1, 0.15) is 6.33 Å². The lowest BCUT2D eigenvalue weighted by Crippen LogP contribution is -2.25. The Bertz CT molecular complexity index is 973. The average Bonchev–Trinajstić information content (AvgIpc) is 2.83. The van der Waals surface area contributed by atoms with Gasteiger partial charge in [0.25, 0.3) is 5.91 Å². The van der Waals surface area contributed by atoms with Crippen molar-refractivity contribution in [3.05, 3.63) is 83.9 Å². The van der Waals surface area contributed by atoms with Crippen molar-refractivity contribution in [2.75, 3.05) is 12.3 Å². The molecule has 1 heterocycles. The van der Waals surface area contributed by atoms with Gasteiger partial charge in [0.15, 0.2) is 0 Å². The molecule has 0 saturated heterocycles. The highest BCUT2D eigenvalue weighted by Crippen LogP contribution is 2.32. The van der Waals surface area contributed by atoms with Crippen LogP contribution >= 0.6 is 36.7 Å². The first-order valence-corrected chi connectivity index (χ1v) is 13.5. The number of nitrogens with zero attached hydrogens (tertiary/aromatic N) is 2. The molecule has 0 unspecified atom stereocenters. The van der Waals surface area contributed by atoms with Gasteiger partial charge in [-0.3, -0.25) is 4.79 Å². The molecule has 0 aliphatic rings. The number of amides is 1. The van der Waals surface area contributed by atoms with Gasteiger partial charge in [0.05, 0.1) is 5.56 Å². The number of carbonyl (C=O) groups is 1. The van der Waals surface area contributed by atoms with Crippen molar-refractivity contribution in [2.45, 2.75) is 62.2 Å². The van der Waals surface area contributed by atoms with Crippen molar-refractivity contribution < 1.29 is 8.42 Å². The summed E-state index contributed by atoms with van der Waals surface area (Å²) in [6, 6.07) is 17.2. The second kappa shape index (κ2) is 13.9. The maximum atomic E-state index is 11.2. The second-order valence-electron chi connectivity index (χ2n) is 9.89. The van der Waals surface area contributed by atoms with E-state index in [2.05, 4.69) is 118 Å². The van der Waals surface area contributed by atoms with E-state index in [1.807, 2.05) is 0 Å². The third kappa shape index (κ3) is 10.7. The molecule has 1 aromatic heterocycles. The van der Waals surface area contributed by atoms with Gasteiger partial charge in [-0.2, -0.15) is 12.6 Å². The van der Waals surface area contributed by atoms with Crippen molar-refractivity contribution in [3.8, 4) is 0 Å². The fourth-order valence-corrected chi connectivity index (χ4v) is 4.18. The van der Waals surface area contributed by atoms with Crippen molar-refractivity contribution >= 4 is 42.6 Å². The molecule has 0 radical (unpaired) electrons. The average molecular weight is 530 g/mol. The van der Waals surface area contributed by atoms with E-state index in [-0.39, 0.29) is 16.7 Å². The monoisotopic (exact) mass is 529 g/mol. The van der Waals surface area contributed by atoms with Gasteiger partial charge in [-0.25, -0.2) is 13.6 Å². The van der Waals surface area contributed by atoms with Crippen LogP contribution in [0.1, 0.15) is 63.0 Å². The SMILES string of the molecule is CC(C)(C)c1ccc(SOSc2ccc(C(C)(C)C)cc2)cc1.O=C(NCCS)c1cncnc1. The molecule has 3 rings (SSSR count). The Morgan fingerprint density at radius 1 is 0.829 bits per heavy atom. The van der Waals surface area contributed by atoms with Gasteiger partial charge in [-0.05, 0) is 46.2 Å². The van der Waals surface area contributed by atoms with E-state index in [1.54, 1.807) is 0 Å². The molecule has 0 aliphatic carbocycles. The normalized spacial score (nSPS) is 11.4. The molecular formula is C27H35N3O2S3. The number of benzene rings is 2. The summed E-state index contributed by atoms with van der Waals surface area (Å²) in [5.41, 5.74) is 3.53. The van der Waals surface area contributed by atoms with E-state index in [0.717, 1.165) is 9.79 Å². The summed E-state index contributed by atoms with van der Waals surface area (Å²) in [6.07, 6.45) is 4.33. The molecule has 0 atom stereocenters. The maximum absolute atomic E-state index is 11.2. The van der Waals surface area contributed by atoms with E-state index >= 15 is 0 Å². The summed E-state index contributed by atoms with van der Waals surface area (Å²) in [5.74, 6) is 0.462. The highest BCUT2D eigenvalue weighted by atomic mass is 32.2. The van der Waals surface area contributed by atoms with Crippen LogP contribution in [0.5, 0.6) is 0 Å². The number of rotatable bonds is 7. The lowest BCUT2D eigenvalue weighted by molar-refractivity contribution is 0.0955.